The highest BCUT2D eigenvalue weighted by Crippen LogP contribution is 2.19. The summed E-state index contributed by atoms with van der Waals surface area (Å²) in [7, 11) is 0. The highest BCUT2D eigenvalue weighted by Gasteiger charge is 2.05. The molecular formula is C12H17N3. The molecule has 3 N–H and O–H groups in total. The maximum Gasteiger partial charge on any atom is 0.101 e. The van der Waals surface area contributed by atoms with Crippen LogP contribution in [0.25, 0.3) is 0 Å². The van der Waals surface area contributed by atoms with Crippen LogP contribution in [-0.4, -0.2) is 6.04 Å². The molecule has 3 heteroatoms. The van der Waals surface area contributed by atoms with Gasteiger partial charge in [0.2, 0.25) is 0 Å². The van der Waals surface area contributed by atoms with Crippen molar-refractivity contribution in [2.24, 2.45) is 0 Å². The molecule has 0 saturated carbocycles. The number of nitrogens with zero attached hydrogens (tertiary/aromatic N) is 1. The highest BCUT2D eigenvalue weighted by molar-refractivity contribution is 5.63. The van der Waals surface area contributed by atoms with Crippen molar-refractivity contribution in [2.75, 3.05) is 11.1 Å². The van der Waals surface area contributed by atoms with Gasteiger partial charge in [-0.1, -0.05) is 13.3 Å². The molecule has 15 heavy (non-hydrogen) atoms. The third-order valence-corrected chi connectivity index (χ3v) is 2.29. The molecule has 0 amide bonds. The largest absolute Gasteiger partial charge is 0.399 e. The Labute approximate surface area is 90.9 Å². The lowest BCUT2D eigenvalue weighted by atomic mass is 10.1. The summed E-state index contributed by atoms with van der Waals surface area (Å²) in [6.45, 7) is 4.26. The maximum atomic E-state index is 8.94. The number of hydrogen-bond acceptors (Lipinski definition) is 3. The third kappa shape index (κ3) is 3.17. The molecule has 0 bridgehead atoms. The van der Waals surface area contributed by atoms with Gasteiger partial charge in [-0.3, -0.25) is 0 Å². The summed E-state index contributed by atoms with van der Waals surface area (Å²) in [5.41, 5.74) is 7.72. The van der Waals surface area contributed by atoms with Gasteiger partial charge in [0, 0.05) is 11.7 Å². The van der Waals surface area contributed by atoms with Crippen molar-refractivity contribution in [2.45, 2.75) is 32.7 Å². The number of rotatable bonds is 4. The maximum absolute atomic E-state index is 8.94. The van der Waals surface area contributed by atoms with E-state index < -0.39 is 0 Å². The second-order valence-corrected chi connectivity index (χ2v) is 3.75. The van der Waals surface area contributed by atoms with E-state index >= 15 is 0 Å². The zero-order valence-electron chi connectivity index (χ0n) is 9.25. The molecule has 0 unspecified atom stereocenters. The number of nitrogens with two attached hydrogens (primary N) is 1. The number of anilines is 2. The second-order valence-electron chi connectivity index (χ2n) is 3.75. The zero-order valence-corrected chi connectivity index (χ0v) is 9.25. The van der Waals surface area contributed by atoms with Crippen molar-refractivity contribution in [3.8, 4) is 6.07 Å². The Morgan fingerprint density at radius 3 is 2.87 bits per heavy atom. The summed E-state index contributed by atoms with van der Waals surface area (Å²) >= 11 is 0. The lowest BCUT2D eigenvalue weighted by Gasteiger charge is -2.15. The van der Waals surface area contributed by atoms with E-state index in [-0.39, 0.29) is 0 Å². The lowest BCUT2D eigenvalue weighted by molar-refractivity contribution is 0.690. The summed E-state index contributed by atoms with van der Waals surface area (Å²) in [6.07, 6.45) is 2.22. The number of benzene rings is 1. The Balaban J connectivity index is 2.81. The molecule has 0 fully saturated rings. The van der Waals surface area contributed by atoms with Crippen LogP contribution in [0.2, 0.25) is 0 Å². The predicted molar refractivity (Wildman–Crippen MR) is 63.6 cm³/mol. The Morgan fingerprint density at radius 1 is 1.53 bits per heavy atom. The van der Waals surface area contributed by atoms with Crippen LogP contribution in [0.1, 0.15) is 32.3 Å². The molecule has 0 saturated heterocycles. The minimum Gasteiger partial charge on any atom is -0.399 e. The van der Waals surface area contributed by atoms with Crippen LogP contribution in [0.5, 0.6) is 0 Å². The fourth-order valence-electron chi connectivity index (χ4n) is 1.55. The number of nitriles is 1. The molecule has 80 valence electrons. The van der Waals surface area contributed by atoms with Crippen LogP contribution in [-0.2, 0) is 0 Å². The van der Waals surface area contributed by atoms with E-state index in [2.05, 4.69) is 25.2 Å². The van der Waals surface area contributed by atoms with Gasteiger partial charge in [0.25, 0.3) is 0 Å². The standard InChI is InChI=1S/C12H17N3/c1-3-4-9(2)15-12-6-5-11(14)7-10(12)8-13/h5-7,9,15H,3-4,14H2,1-2H3/t9-/m1/s1. The molecular weight excluding hydrogens is 186 g/mol. The van der Waals surface area contributed by atoms with Gasteiger partial charge < -0.3 is 11.1 Å². The van der Waals surface area contributed by atoms with Crippen molar-refractivity contribution in [1.29, 1.82) is 5.26 Å². The molecule has 1 rings (SSSR count). The van der Waals surface area contributed by atoms with E-state index in [0.717, 1.165) is 18.5 Å². The molecule has 1 aromatic rings. The normalized spacial score (nSPS) is 11.8. The van der Waals surface area contributed by atoms with Crippen molar-refractivity contribution in [3.05, 3.63) is 23.8 Å². The Bertz CT molecular complexity index is 366. The first-order valence-corrected chi connectivity index (χ1v) is 5.23. The second kappa shape index (κ2) is 5.26. The van der Waals surface area contributed by atoms with Crippen LogP contribution in [0.4, 0.5) is 11.4 Å². The van der Waals surface area contributed by atoms with E-state index in [1.165, 1.54) is 0 Å². The van der Waals surface area contributed by atoms with E-state index in [1.807, 2.05) is 12.1 Å². The fourth-order valence-corrected chi connectivity index (χ4v) is 1.55. The number of nitrogen functional groups attached to an aromatic ring is 1. The number of nitrogens with one attached hydrogen (secondary N) is 1. The summed E-state index contributed by atoms with van der Waals surface area (Å²) < 4.78 is 0. The Kier molecular flexibility index (Phi) is 3.99. The zero-order chi connectivity index (χ0) is 11.3. The Morgan fingerprint density at radius 2 is 2.27 bits per heavy atom. The molecule has 1 aromatic carbocycles. The lowest BCUT2D eigenvalue weighted by Crippen LogP contribution is -2.15. The van der Waals surface area contributed by atoms with Gasteiger partial charge >= 0.3 is 0 Å². The predicted octanol–water partition coefficient (Wildman–Crippen LogP) is 2.74. The first-order chi connectivity index (χ1) is 7.17. The van der Waals surface area contributed by atoms with Crippen LogP contribution in [0.3, 0.4) is 0 Å². The topological polar surface area (TPSA) is 61.8 Å². The van der Waals surface area contributed by atoms with Gasteiger partial charge in [-0.15, -0.1) is 0 Å². The SMILES string of the molecule is CCC[C@@H](C)Nc1ccc(N)cc1C#N. The fraction of sp³-hybridized carbons (Fsp3) is 0.417. The van der Waals surface area contributed by atoms with Crippen molar-refractivity contribution in [1.82, 2.24) is 0 Å². The number of hydrogen-bond donors (Lipinski definition) is 2. The van der Waals surface area contributed by atoms with Crippen LogP contribution >= 0.6 is 0 Å². The van der Waals surface area contributed by atoms with Gasteiger partial charge in [0.15, 0.2) is 0 Å². The molecule has 0 aromatic heterocycles. The molecule has 0 aliphatic rings. The summed E-state index contributed by atoms with van der Waals surface area (Å²) in [5, 5.41) is 12.3. The monoisotopic (exact) mass is 203 g/mol. The van der Waals surface area contributed by atoms with Gasteiger partial charge in [0.1, 0.15) is 6.07 Å². The first-order valence-electron chi connectivity index (χ1n) is 5.23. The molecule has 0 aliphatic heterocycles. The average Bonchev–Trinajstić information content (AvgIpc) is 2.21. The van der Waals surface area contributed by atoms with Gasteiger partial charge in [-0.2, -0.15) is 5.26 Å². The summed E-state index contributed by atoms with van der Waals surface area (Å²) in [6, 6.07) is 7.89. The molecule has 0 radical (unpaired) electrons. The smallest absolute Gasteiger partial charge is 0.101 e. The van der Waals surface area contributed by atoms with E-state index in [1.54, 1.807) is 6.07 Å². The Hall–Kier alpha value is -1.69. The van der Waals surface area contributed by atoms with Crippen molar-refractivity contribution in [3.63, 3.8) is 0 Å². The highest BCUT2D eigenvalue weighted by atomic mass is 14.9. The van der Waals surface area contributed by atoms with Crippen LogP contribution in [0.15, 0.2) is 18.2 Å². The summed E-state index contributed by atoms with van der Waals surface area (Å²) in [5.74, 6) is 0. The molecule has 3 nitrogen and oxygen atoms in total. The average molecular weight is 203 g/mol. The van der Waals surface area contributed by atoms with Crippen LogP contribution in [0, 0.1) is 11.3 Å². The van der Waals surface area contributed by atoms with E-state index in [4.69, 9.17) is 11.0 Å². The molecule has 1 atom stereocenters. The molecule has 0 heterocycles. The van der Waals surface area contributed by atoms with Gasteiger partial charge in [-0.25, -0.2) is 0 Å². The third-order valence-electron chi connectivity index (χ3n) is 2.29. The van der Waals surface area contributed by atoms with Crippen molar-refractivity contribution >= 4 is 11.4 Å². The van der Waals surface area contributed by atoms with Gasteiger partial charge in [0.05, 0.1) is 11.3 Å². The first kappa shape index (κ1) is 11.4. The molecule has 0 spiro atoms. The quantitative estimate of drug-likeness (QED) is 0.739. The van der Waals surface area contributed by atoms with Crippen LogP contribution < -0.4 is 11.1 Å². The minimum atomic E-state index is 0.380. The van der Waals surface area contributed by atoms with Crippen molar-refractivity contribution < 1.29 is 0 Å². The minimum absolute atomic E-state index is 0.380. The van der Waals surface area contributed by atoms with Gasteiger partial charge in [-0.05, 0) is 31.5 Å². The van der Waals surface area contributed by atoms with E-state index in [0.29, 0.717) is 17.3 Å². The van der Waals surface area contributed by atoms with E-state index in [9.17, 15) is 0 Å². The molecule has 0 aliphatic carbocycles. The summed E-state index contributed by atoms with van der Waals surface area (Å²) in [4.78, 5) is 0.